The smallest absolute Gasteiger partial charge is 0.236 e. The Morgan fingerprint density at radius 3 is 2.47 bits per heavy atom. The Kier molecular flexibility index (Phi) is 4.55. The van der Waals surface area contributed by atoms with Crippen LogP contribution in [0.3, 0.4) is 0 Å². The van der Waals surface area contributed by atoms with Crippen LogP contribution in [0.5, 0.6) is 0 Å². The van der Waals surface area contributed by atoms with Crippen LogP contribution in [-0.2, 0) is 9.59 Å². The van der Waals surface area contributed by atoms with E-state index in [-0.39, 0.29) is 24.3 Å². The predicted molar refractivity (Wildman–Crippen MR) is 74.9 cm³/mol. The van der Waals surface area contributed by atoms with Gasteiger partial charge in [-0.1, -0.05) is 31.0 Å². The van der Waals surface area contributed by atoms with Crippen molar-refractivity contribution in [3.63, 3.8) is 0 Å². The first-order valence-electron chi connectivity index (χ1n) is 6.78. The van der Waals surface area contributed by atoms with Gasteiger partial charge in [-0.15, -0.1) is 0 Å². The molecular weight excluding hydrogens is 240 g/mol. The topological polar surface area (TPSA) is 49.4 Å². The average Bonchev–Trinajstić information content (AvgIpc) is 2.91. The summed E-state index contributed by atoms with van der Waals surface area (Å²) in [6.07, 6.45) is 4.33. The van der Waals surface area contributed by atoms with Gasteiger partial charge in [-0.2, -0.15) is 0 Å². The summed E-state index contributed by atoms with van der Waals surface area (Å²) < 4.78 is 0. The molecule has 0 aromatic heterocycles. The Balaban J connectivity index is 1.84. The lowest BCUT2D eigenvalue weighted by Gasteiger charge is -2.18. The molecule has 4 heteroatoms. The molecule has 4 nitrogen and oxygen atoms in total. The van der Waals surface area contributed by atoms with Crippen LogP contribution in [0.15, 0.2) is 30.3 Å². The highest BCUT2D eigenvalue weighted by molar-refractivity contribution is 6.04. The van der Waals surface area contributed by atoms with Gasteiger partial charge in [0.25, 0.3) is 0 Å². The maximum Gasteiger partial charge on any atom is 0.236 e. The second kappa shape index (κ2) is 6.36. The van der Waals surface area contributed by atoms with Gasteiger partial charge >= 0.3 is 0 Å². The van der Waals surface area contributed by atoms with Crippen LogP contribution in [0, 0.1) is 0 Å². The van der Waals surface area contributed by atoms with Gasteiger partial charge in [0.1, 0.15) is 6.42 Å². The van der Waals surface area contributed by atoms with Gasteiger partial charge in [0.2, 0.25) is 11.8 Å². The van der Waals surface area contributed by atoms with Gasteiger partial charge in [0.15, 0.2) is 0 Å². The molecule has 0 unspecified atom stereocenters. The van der Waals surface area contributed by atoms with Crippen molar-refractivity contribution in [2.75, 3.05) is 11.9 Å². The van der Waals surface area contributed by atoms with Gasteiger partial charge in [-0.05, 0) is 25.0 Å². The number of nitrogens with one attached hydrogen (secondary N) is 1. The van der Waals surface area contributed by atoms with Gasteiger partial charge in [0.05, 0.1) is 0 Å². The molecule has 102 valence electrons. The molecule has 0 spiro atoms. The standard InChI is InChI=1S/C15H20N2O2/c1-17(13-9-3-2-4-10-13)15(19)11-14(18)16-12-7-5-6-8-12/h2-4,9-10,12H,5-8,11H2,1H3,(H,16,18). The molecule has 1 aromatic carbocycles. The Labute approximate surface area is 113 Å². The zero-order valence-electron chi connectivity index (χ0n) is 11.3. The van der Waals surface area contributed by atoms with Gasteiger partial charge in [0, 0.05) is 18.8 Å². The number of anilines is 1. The first kappa shape index (κ1) is 13.6. The van der Waals surface area contributed by atoms with E-state index in [2.05, 4.69) is 5.32 Å². The molecule has 0 saturated heterocycles. The van der Waals surface area contributed by atoms with Crippen molar-refractivity contribution in [3.8, 4) is 0 Å². The maximum atomic E-state index is 12.0. The second-order valence-corrected chi connectivity index (χ2v) is 5.01. The molecule has 1 aliphatic carbocycles. The van der Waals surface area contributed by atoms with E-state index >= 15 is 0 Å². The van der Waals surface area contributed by atoms with Crippen molar-refractivity contribution in [2.24, 2.45) is 0 Å². The quantitative estimate of drug-likeness (QED) is 0.843. The molecule has 0 bridgehead atoms. The van der Waals surface area contributed by atoms with Crippen LogP contribution < -0.4 is 10.2 Å². The van der Waals surface area contributed by atoms with Crippen LogP contribution in [0.25, 0.3) is 0 Å². The summed E-state index contributed by atoms with van der Waals surface area (Å²) in [5.41, 5.74) is 0.807. The molecule has 1 N–H and O–H groups in total. The van der Waals surface area contributed by atoms with Crippen molar-refractivity contribution in [1.82, 2.24) is 5.32 Å². The fourth-order valence-corrected chi connectivity index (χ4v) is 2.40. The second-order valence-electron chi connectivity index (χ2n) is 5.01. The number of nitrogens with zero attached hydrogens (tertiary/aromatic N) is 1. The highest BCUT2D eigenvalue weighted by Gasteiger charge is 2.20. The summed E-state index contributed by atoms with van der Waals surface area (Å²) in [6.45, 7) is 0. The van der Waals surface area contributed by atoms with Gasteiger partial charge < -0.3 is 10.2 Å². The van der Waals surface area contributed by atoms with E-state index in [1.165, 1.54) is 17.7 Å². The third-order valence-corrected chi connectivity index (χ3v) is 3.55. The first-order chi connectivity index (χ1) is 9.16. The minimum atomic E-state index is -0.179. The summed E-state index contributed by atoms with van der Waals surface area (Å²) in [7, 11) is 1.69. The van der Waals surface area contributed by atoms with Gasteiger partial charge in [-0.3, -0.25) is 9.59 Å². The Morgan fingerprint density at radius 1 is 1.21 bits per heavy atom. The molecule has 0 atom stereocenters. The molecule has 2 amide bonds. The maximum absolute atomic E-state index is 12.0. The zero-order valence-corrected chi connectivity index (χ0v) is 11.3. The van der Waals surface area contributed by atoms with E-state index in [0.717, 1.165) is 18.5 Å². The number of carbonyl (C=O) groups excluding carboxylic acids is 2. The SMILES string of the molecule is CN(C(=O)CC(=O)NC1CCCC1)c1ccccc1. The monoisotopic (exact) mass is 260 g/mol. The third kappa shape index (κ3) is 3.81. The van der Waals surface area contributed by atoms with Crippen LogP contribution in [0.1, 0.15) is 32.1 Å². The van der Waals surface area contributed by atoms with Crippen molar-refractivity contribution in [1.29, 1.82) is 0 Å². The van der Waals surface area contributed by atoms with Crippen molar-refractivity contribution in [2.45, 2.75) is 38.1 Å². The largest absolute Gasteiger partial charge is 0.353 e. The minimum absolute atomic E-state index is 0.0815. The van der Waals surface area contributed by atoms with Crippen LogP contribution in [0.4, 0.5) is 5.69 Å². The molecule has 1 aliphatic rings. The first-order valence-corrected chi connectivity index (χ1v) is 6.78. The van der Waals surface area contributed by atoms with E-state index in [1.807, 2.05) is 30.3 Å². The molecule has 19 heavy (non-hydrogen) atoms. The summed E-state index contributed by atoms with van der Waals surface area (Å²) in [4.78, 5) is 25.3. The average molecular weight is 260 g/mol. The normalized spacial score (nSPS) is 15.2. The highest BCUT2D eigenvalue weighted by atomic mass is 16.2. The Hall–Kier alpha value is -1.84. The summed E-state index contributed by atoms with van der Waals surface area (Å²) in [6, 6.07) is 9.62. The predicted octanol–water partition coefficient (Wildman–Crippen LogP) is 2.10. The van der Waals surface area contributed by atoms with Crippen LogP contribution in [0.2, 0.25) is 0 Å². The van der Waals surface area contributed by atoms with Crippen molar-refractivity contribution >= 4 is 17.5 Å². The van der Waals surface area contributed by atoms with Gasteiger partial charge in [-0.25, -0.2) is 0 Å². The lowest BCUT2D eigenvalue weighted by molar-refractivity contribution is -0.128. The summed E-state index contributed by atoms with van der Waals surface area (Å²) in [5, 5.41) is 2.93. The Morgan fingerprint density at radius 2 is 1.84 bits per heavy atom. The fourth-order valence-electron chi connectivity index (χ4n) is 2.40. The lowest BCUT2D eigenvalue weighted by atomic mass is 10.2. The van der Waals surface area contributed by atoms with Crippen molar-refractivity contribution in [3.05, 3.63) is 30.3 Å². The number of benzene rings is 1. The number of hydrogen-bond donors (Lipinski definition) is 1. The lowest BCUT2D eigenvalue weighted by Crippen LogP contribution is -2.37. The number of hydrogen-bond acceptors (Lipinski definition) is 2. The number of para-hydroxylation sites is 1. The molecular formula is C15H20N2O2. The van der Waals surface area contributed by atoms with E-state index < -0.39 is 0 Å². The number of carbonyl (C=O) groups is 2. The molecule has 1 saturated carbocycles. The molecule has 1 aromatic rings. The van der Waals surface area contributed by atoms with Crippen molar-refractivity contribution < 1.29 is 9.59 Å². The molecule has 0 radical (unpaired) electrons. The minimum Gasteiger partial charge on any atom is -0.353 e. The molecule has 0 heterocycles. The summed E-state index contributed by atoms with van der Waals surface area (Å²) >= 11 is 0. The summed E-state index contributed by atoms with van der Waals surface area (Å²) in [5.74, 6) is -0.346. The Bertz CT molecular complexity index is 439. The molecule has 0 aliphatic heterocycles. The number of amides is 2. The number of rotatable bonds is 4. The van der Waals surface area contributed by atoms with E-state index in [4.69, 9.17) is 0 Å². The fraction of sp³-hybridized carbons (Fsp3) is 0.467. The molecule has 2 rings (SSSR count). The van der Waals surface area contributed by atoms with E-state index in [1.54, 1.807) is 7.05 Å². The highest BCUT2D eigenvalue weighted by Crippen LogP contribution is 2.18. The molecule has 1 fully saturated rings. The zero-order chi connectivity index (χ0) is 13.7. The van der Waals surface area contributed by atoms with Crippen LogP contribution in [-0.4, -0.2) is 24.9 Å². The third-order valence-electron chi connectivity index (χ3n) is 3.55. The van der Waals surface area contributed by atoms with E-state index in [9.17, 15) is 9.59 Å². The van der Waals surface area contributed by atoms with E-state index in [0.29, 0.717) is 0 Å². The van der Waals surface area contributed by atoms with Crippen LogP contribution >= 0.6 is 0 Å².